The van der Waals surface area contributed by atoms with Crippen molar-refractivity contribution in [3.8, 4) is 0 Å². The zero-order valence-electron chi connectivity index (χ0n) is 8.56. The molecular weight excluding hydrogens is 210 g/mol. The zero-order chi connectivity index (χ0) is 12.0. The van der Waals surface area contributed by atoms with Crippen molar-refractivity contribution in [2.45, 2.75) is 6.42 Å². The van der Waals surface area contributed by atoms with Gasteiger partial charge in [0.1, 0.15) is 0 Å². The van der Waals surface area contributed by atoms with Crippen molar-refractivity contribution in [3.63, 3.8) is 0 Å². The summed E-state index contributed by atoms with van der Waals surface area (Å²) < 4.78 is 0. The van der Waals surface area contributed by atoms with Crippen LogP contribution in [0.15, 0.2) is 18.5 Å². The van der Waals surface area contributed by atoms with E-state index in [1.54, 1.807) is 0 Å². The highest BCUT2D eigenvalue weighted by atomic mass is 16.2. The van der Waals surface area contributed by atoms with Crippen LogP contribution in [-0.4, -0.2) is 23.3 Å². The second-order valence-corrected chi connectivity index (χ2v) is 3.04. The molecule has 0 bridgehead atoms. The number of nitrogens with two attached hydrogens (primary N) is 2. The lowest BCUT2D eigenvalue weighted by Crippen LogP contribution is -2.29. The Morgan fingerprint density at radius 2 is 2.19 bits per heavy atom. The van der Waals surface area contributed by atoms with Gasteiger partial charge in [-0.1, -0.05) is 0 Å². The van der Waals surface area contributed by atoms with Crippen LogP contribution in [-0.2, 0) is 4.79 Å². The van der Waals surface area contributed by atoms with Gasteiger partial charge in [0, 0.05) is 19.2 Å². The first-order valence-corrected chi connectivity index (χ1v) is 4.62. The van der Waals surface area contributed by atoms with Gasteiger partial charge in [-0.2, -0.15) is 0 Å². The molecule has 0 radical (unpaired) electrons. The fourth-order valence-corrected chi connectivity index (χ4v) is 1.10. The highest BCUT2D eigenvalue weighted by Gasteiger charge is 2.09. The number of nitrogen functional groups attached to an aromatic ring is 1. The van der Waals surface area contributed by atoms with Gasteiger partial charge in [0.05, 0.1) is 17.4 Å². The molecule has 0 atom stereocenters. The third kappa shape index (κ3) is 3.21. The van der Waals surface area contributed by atoms with E-state index in [9.17, 15) is 9.59 Å². The van der Waals surface area contributed by atoms with Crippen LogP contribution in [0.3, 0.4) is 0 Å². The fourth-order valence-electron chi connectivity index (χ4n) is 1.10. The van der Waals surface area contributed by atoms with E-state index in [2.05, 4.69) is 15.7 Å². The number of anilines is 1. The molecule has 1 heterocycles. The van der Waals surface area contributed by atoms with Gasteiger partial charge in [0.2, 0.25) is 5.91 Å². The van der Waals surface area contributed by atoms with Crippen molar-refractivity contribution in [1.29, 1.82) is 0 Å². The SMILES string of the molecule is NNc1cnccc1C(=O)NCCC(N)=O. The summed E-state index contributed by atoms with van der Waals surface area (Å²) in [4.78, 5) is 25.9. The van der Waals surface area contributed by atoms with Gasteiger partial charge in [-0.05, 0) is 6.07 Å². The van der Waals surface area contributed by atoms with E-state index in [1.165, 1.54) is 18.5 Å². The molecule has 0 unspecified atom stereocenters. The summed E-state index contributed by atoms with van der Waals surface area (Å²) in [6.07, 6.45) is 3.01. The van der Waals surface area contributed by atoms with Gasteiger partial charge in [0.25, 0.3) is 5.91 Å². The molecule has 86 valence electrons. The topological polar surface area (TPSA) is 123 Å². The molecule has 7 heteroatoms. The molecule has 0 aliphatic carbocycles. The average molecular weight is 223 g/mol. The molecule has 2 amide bonds. The van der Waals surface area contributed by atoms with Gasteiger partial charge in [-0.25, -0.2) is 0 Å². The van der Waals surface area contributed by atoms with E-state index in [0.29, 0.717) is 11.3 Å². The highest BCUT2D eigenvalue weighted by Crippen LogP contribution is 2.10. The third-order valence-electron chi connectivity index (χ3n) is 1.88. The van der Waals surface area contributed by atoms with E-state index < -0.39 is 5.91 Å². The van der Waals surface area contributed by atoms with Crippen molar-refractivity contribution in [1.82, 2.24) is 10.3 Å². The van der Waals surface area contributed by atoms with E-state index in [-0.39, 0.29) is 18.9 Å². The molecule has 6 N–H and O–H groups in total. The Balaban J connectivity index is 2.62. The summed E-state index contributed by atoms with van der Waals surface area (Å²) in [5.41, 5.74) is 8.08. The molecule has 1 rings (SSSR count). The lowest BCUT2D eigenvalue weighted by Gasteiger charge is -2.07. The van der Waals surface area contributed by atoms with Gasteiger partial charge in [-0.15, -0.1) is 0 Å². The standard InChI is InChI=1S/C9H13N5O2/c10-8(15)2-4-13-9(16)6-1-3-12-5-7(6)14-11/h1,3,5,14H,2,4,11H2,(H2,10,15)(H,13,16). The monoisotopic (exact) mass is 223 g/mol. The van der Waals surface area contributed by atoms with Crippen LogP contribution in [0.5, 0.6) is 0 Å². The summed E-state index contributed by atoms with van der Waals surface area (Å²) >= 11 is 0. The fraction of sp³-hybridized carbons (Fsp3) is 0.222. The number of hydrogen-bond acceptors (Lipinski definition) is 5. The first-order chi connectivity index (χ1) is 7.65. The van der Waals surface area contributed by atoms with Crippen molar-refractivity contribution < 1.29 is 9.59 Å². The second-order valence-electron chi connectivity index (χ2n) is 3.04. The predicted molar refractivity (Wildman–Crippen MR) is 58.2 cm³/mol. The van der Waals surface area contributed by atoms with Crippen LogP contribution in [0, 0.1) is 0 Å². The van der Waals surface area contributed by atoms with Gasteiger partial charge < -0.3 is 16.5 Å². The smallest absolute Gasteiger partial charge is 0.253 e. The number of carbonyl (C=O) groups is 2. The molecule has 0 spiro atoms. The molecule has 0 saturated heterocycles. The van der Waals surface area contributed by atoms with Crippen molar-refractivity contribution in [2.24, 2.45) is 11.6 Å². The normalized spacial score (nSPS) is 9.56. The minimum atomic E-state index is -0.466. The average Bonchev–Trinajstić information content (AvgIpc) is 2.28. The Labute approximate surface area is 92.2 Å². The van der Waals surface area contributed by atoms with Gasteiger partial charge >= 0.3 is 0 Å². The Bertz CT molecular complexity index is 393. The molecule has 0 aromatic carbocycles. The number of aromatic nitrogens is 1. The maximum absolute atomic E-state index is 11.6. The molecule has 0 fully saturated rings. The van der Waals surface area contributed by atoms with Crippen LogP contribution in [0.1, 0.15) is 16.8 Å². The van der Waals surface area contributed by atoms with E-state index >= 15 is 0 Å². The molecule has 16 heavy (non-hydrogen) atoms. The van der Waals surface area contributed by atoms with E-state index in [0.717, 1.165) is 0 Å². The highest BCUT2D eigenvalue weighted by molar-refractivity contribution is 5.99. The summed E-state index contributed by atoms with van der Waals surface area (Å²) in [7, 11) is 0. The van der Waals surface area contributed by atoms with Crippen LogP contribution < -0.4 is 22.3 Å². The van der Waals surface area contributed by atoms with Crippen molar-refractivity contribution in [2.75, 3.05) is 12.0 Å². The first kappa shape index (κ1) is 11.9. The zero-order valence-corrected chi connectivity index (χ0v) is 8.56. The van der Waals surface area contributed by atoms with Gasteiger partial charge in [-0.3, -0.25) is 20.4 Å². The lowest BCUT2D eigenvalue weighted by atomic mass is 10.2. The lowest BCUT2D eigenvalue weighted by molar-refractivity contribution is -0.117. The van der Waals surface area contributed by atoms with E-state index in [1.807, 2.05) is 0 Å². The molecule has 1 aromatic heterocycles. The van der Waals surface area contributed by atoms with E-state index in [4.69, 9.17) is 11.6 Å². The quantitative estimate of drug-likeness (QED) is 0.375. The first-order valence-electron chi connectivity index (χ1n) is 4.62. The second kappa shape index (κ2) is 5.66. The van der Waals surface area contributed by atoms with Crippen molar-refractivity contribution >= 4 is 17.5 Å². The Morgan fingerprint density at radius 3 is 2.81 bits per heavy atom. The Morgan fingerprint density at radius 1 is 1.44 bits per heavy atom. The molecule has 0 saturated carbocycles. The largest absolute Gasteiger partial charge is 0.370 e. The number of carbonyl (C=O) groups excluding carboxylic acids is 2. The maximum atomic E-state index is 11.6. The van der Waals surface area contributed by atoms with Crippen molar-refractivity contribution in [3.05, 3.63) is 24.0 Å². The van der Waals surface area contributed by atoms with Crippen LogP contribution in [0.4, 0.5) is 5.69 Å². The summed E-state index contributed by atoms with van der Waals surface area (Å²) in [6, 6.07) is 1.52. The summed E-state index contributed by atoms with van der Waals surface area (Å²) in [5.74, 6) is 4.42. The molecular formula is C9H13N5O2. The molecule has 0 aliphatic rings. The number of rotatable bonds is 5. The number of hydrazine groups is 1. The number of hydrogen-bond donors (Lipinski definition) is 4. The maximum Gasteiger partial charge on any atom is 0.253 e. The number of nitrogens with zero attached hydrogens (tertiary/aromatic N) is 1. The number of primary amides is 1. The molecule has 0 aliphatic heterocycles. The minimum absolute atomic E-state index is 0.0994. The molecule has 7 nitrogen and oxygen atoms in total. The third-order valence-corrected chi connectivity index (χ3v) is 1.88. The summed E-state index contributed by atoms with van der Waals surface area (Å²) in [6.45, 7) is 0.195. The summed E-state index contributed by atoms with van der Waals surface area (Å²) in [5, 5.41) is 2.54. The number of nitrogens with one attached hydrogen (secondary N) is 2. The van der Waals surface area contributed by atoms with Crippen LogP contribution in [0.2, 0.25) is 0 Å². The van der Waals surface area contributed by atoms with Gasteiger partial charge in [0.15, 0.2) is 0 Å². The minimum Gasteiger partial charge on any atom is -0.370 e. The number of amides is 2. The van der Waals surface area contributed by atoms with Crippen LogP contribution >= 0.6 is 0 Å². The Hall–Kier alpha value is -2.15. The Kier molecular flexibility index (Phi) is 4.22. The van der Waals surface area contributed by atoms with Crippen LogP contribution in [0.25, 0.3) is 0 Å². The predicted octanol–water partition coefficient (Wildman–Crippen LogP) is -1.03. The molecule has 1 aromatic rings. The number of pyridine rings is 1.